The van der Waals surface area contributed by atoms with Crippen LogP contribution in [-0.2, 0) is 25.5 Å². The van der Waals surface area contributed by atoms with Gasteiger partial charge in [0.2, 0.25) is 11.8 Å². The van der Waals surface area contributed by atoms with Gasteiger partial charge in [-0.3, -0.25) is 19.3 Å². The fourth-order valence-electron chi connectivity index (χ4n) is 13.0. The molecule has 5 fully saturated rings. The van der Waals surface area contributed by atoms with E-state index in [9.17, 15) is 24.3 Å². The normalized spacial score (nSPS) is 35.1. The number of nitrogens with zero attached hydrogens (tertiary/aromatic N) is 1. The topological polar surface area (TPSA) is 125 Å². The Balaban J connectivity index is 0.859. The van der Waals surface area contributed by atoms with E-state index in [0.29, 0.717) is 53.9 Å². The lowest BCUT2D eigenvalue weighted by molar-refractivity contribution is -0.129. The summed E-state index contributed by atoms with van der Waals surface area (Å²) in [6.45, 7) is 8.43. The van der Waals surface area contributed by atoms with Crippen molar-refractivity contribution in [2.45, 2.75) is 128 Å². The van der Waals surface area contributed by atoms with Crippen molar-refractivity contribution >= 4 is 23.4 Å². The number of likely N-dealkylation sites (tertiary alicyclic amines) is 1. The van der Waals surface area contributed by atoms with E-state index in [1.54, 1.807) is 35.4 Å². The van der Waals surface area contributed by atoms with Crippen LogP contribution in [0.1, 0.15) is 113 Å². The molecule has 0 bridgehead atoms. The van der Waals surface area contributed by atoms with Crippen LogP contribution in [0, 0.1) is 35.0 Å². The Bertz CT molecular complexity index is 2010. The first kappa shape index (κ1) is 39.5. The Morgan fingerprint density at radius 2 is 1.72 bits per heavy atom. The number of amides is 2. The number of hydrogen-bond donors (Lipinski definition) is 3. The van der Waals surface area contributed by atoms with Crippen LogP contribution in [0.3, 0.4) is 0 Å². The van der Waals surface area contributed by atoms with Crippen LogP contribution in [0.5, 0.6) is 0 Å². The molecule has 0 radical (unpaired) electrons. The zero-order valence-electron chi connectivity index (χ0n) is 34.5. The summed E-state index contributed by atoms with van der Waals surface area (Å²) in [7, 11) is 0. The number of rotatable bonds is 12. The summed E-state index contributed by atoms with van der Waals surface area (Å²) in [6.07, 6.45) is 12.7. The van der Waals surface area contributed by atoms with Crippen molar-refractivity contribution in [3.05, 3.63) is 94.1 Å². The molecule has 9 nitrogen and oxygen atoms in total. The lowest BCUT2D eigenvalue weighted by Crippen LogP contribution is -2.59. The van der Waals surface area contributed by atoms with E-state index < -0.39 is 6.04 Å². The number of piperidine rings is 1. The Labute approximate surface area is 343 Å². The molecular weight excluding hydrogens is 727 g/mol. The number of Topliss-reactive ketones (excluding diaryl/α,β-unsaturated/α-hetero) is 1. The van der Waals surface area contributed by atoms with Crippen LogP contribution in [0.15, 0.2) is 77.4 Å². The quantitative estimate of drug-likeness (QED) is 0.165. The Kier molecular flexibility index (Phi) is 10.6. The number of allylic oxidation sites excluding steroid dienone is 2. The summed E-state index contributed by atoms with van der Waals surface area (Å²) >= 11 is 0. The largest absolute Gasteiger partial charge is 0.393 e. The average molecular weight is 788 g/mol. The number of nitrogens with one attached hydrogen (secondary N) is 2. The van der Waals surface area contributed by atoms with Crippen LogP contribution < -0.4 is 10.6 Å². The van der Waals surface area contributed by atoms with Crippen molar-refractivity contribution in [2.75, 3.05) is 19.6 Å². The number of aliphatic hydroxyl groups excluding tert-OH is 1. The Morgan fingerprint density at radius 3 is 2.50 bits per heavy atom. The van der Waals surface area contributed by atoms with Crippen molar-refractivity contribution in [1.29, 1.82) is 0 Å². The molecule has 5 aliphatic carbocycles. The fourth-order valence-corrected chi connectivity index (χ4v) is 13.0. The number of hydrogen-bond acceptors (Lipinski definition) is 7. The minimum Gasteiger partial charge on any atom is -0.393 e. The van der Waals surface area contributed by atoms with Gasteiger partial charge in [-0.05, 0) is 105 Å². The van der Waals surface area contributed by atoms with E-state index in [1.807, 2.05) is 30.3 Å². The molecule has 58 heavy (non-hydrogen) atoms. The van der Waals surface area contributed by atoms with Crippen molar-refractivity contribution < 1.29 is 29.0 Å². The number of aliphatic hydroxyl groups is 1. The predicted octanol–water partition coefficient (Wildman–Crippen LogP) is 6.52. The van der Waals surface area contributed by atoms with Gasteiger partial charge in [0.1, 0.15) is 11.8 Å². The molecule has 0 aromatic heterocycles. The molecule has 2 amide bonds. The van der Waals surface area contributed by atoms with Gasteiger partial charge in [-0.25, -0.2) is 0 Å². The smallest absolute Gasteiger partial charge is 0.242 e. The van der Waals surface area contributed by atoms with Gasteiger partial charge in [-0.15, -0.1) is 0 Å². The van der Waals surface area contributed by atoms with Crippen LogP contribution in [-0.4, -0.2) is 82.9 Å². The third-order valence-corrected chi connectivity index (χ3v) is 15.8. The zero-order chi connectivity index (χ0) is 40.3. The molecule has 3 N–H and O–H groups in total. The first-order valence-corrected chi connectivity index (χ1v) is 22.2. The third kappa shape index (κ3) is 7.02. The molecule has 2 aliphatic heterocycles. The van der Waals surface area contributed by atoms with Gasteiger partial charge < -0.3 is 25.3 Å². The summed E-state index contributed by atoms with van der Waals surface area (Å²) in [6, 6.07) is 15.9. The number of carbonyl (C=O) groups is 4. The summed E-state index contributed by atoms with van der Waals surface area (Å²) in [5.74, 6) is 2.31. The molecule has 308 valence electrons. The highest BCUT2D eigenvalue weighted by atomic mass is 16.5. The highest BCUT2D eigenvalue weighted by molar-refractivity contribution is 6.09. The highest BCUT2D eigenvalue weighted by Gasteiger charge is 2.68. The first-order chi connectivity index (χ1) is 27.9. The predicted molar refractivity (Wildman–Crippen MR) is 222 cm³/mol. The first-order valence-electron chi connectivity index (χ1n) is 22.2. The molecule has 9 rings (SSSR count). The van der Waals surface area contributed by atoms with Gasteiger partial charge in [0.15, 0.2) is 5.78 Å². The van der Waals surface area contributed by atoms with Gasteiger partial charge in [-0.1, -0.05) is 85.7 Å². The van der Waals surface area contributed by atoms with E-state index in [1.165, 1.54) is 25.3 Å². The minimum absolute atomic E-state index is 0.0308. The molecule has 2 saturated heterocycles. The molecule has 9 heteroatoms. The molecular formula is C49H61N3O6. The Morgan fingerprint density at radius 1 is 0.948 bits per heavy atom. The summed E-state index contributed by atoms with van der Waals surface area (Å²) in [5.41, 5.74) is 6.98. The second-order valence-corrected chi connectivity index (χ2v) is 19.3. The maximum Gasteiger partial charge on any atom is 0.242 e. The van der Waals surface area contributed by atoms with E-state index in [0.717, 1.165) is 63.0 Å². The van der Waals surface area contributed by atoms with E-state index in [2.05, 4.69) is 35.5 Å². The average Bonchev–Trinajstić information content (AvgIpc) is 3.68. The van der Waals surface area contributed by atoms with Crippen molar-refractivity contribution in [2.24, 2.45) is 35.0 Å². The highest BCUT2D eigenvalue weighted by Crippen LogP contribution is 2.69. The molecule has 8 unspecified atom stereocenters. The van der Waals surface area contributed by atoms with Crippen molar-refractivity contribution in [3.63, 3.8) is 0 Å². The number of ether oxygens (including phenoxy) is 1. The van der Waals surface area contributed by atoms with Crippen LogP contribution in [0.4, 0.5) is 0 Å². The van der Waals surface area contributed by atoms with Crippen LogP contribution in [0.2, 0.25) is 0 Å². The number of fused-ring (bicyclic) bond motifs is 7. The van der Waals surface area contributed by atoms with Crippen molar-refractivity contribution in [1.82, 2.24) is 15.5 Å². The number of benzene rings is 2. The monoisotopic (exact) mass is 787 g/mol. The molecule has 11 atom stereocenters. The van der Waals surface area contributed by atoms with Crippen LogP contribution in [0.25, 0.3) is 0 Å². The third-order valence-electron chi connectivity index (χ3n) is 15.8. The standard InChI is InChI=1S/C49H61N3O6/c1-29-23-43-45(41-27-40-38-26-39-37(36(38)18-20-49(40,41)58-43)15-14-34-25-35(54)17-19-48(34,39)3)52(28-29)22-21-50-47(57)42(51-44(55)16-9-30(2)53)24-31-10-12-33(13-11-31)46(56)32-7-5-4-6-8-32/h4-8,10-14,29,35-37,39,41-43,45,54H,9,15-28H2,1-3H3,(H,50,57)(H,51,55)/t29?,35?,36?,37?,39?,41-,42-,43?,45?,48+,49?/m1/s1. The van der Waals surface area contributed by atoms with Gasteiger partial charge in [0, 0.05) is 62.0 Å². The number of ketones is 2. The second kappa shape index (κ2) is 15.6. The lowest BCUT2D eigenvalue weighted by atomic mass is 9.54. The maximum atomic E-state index is 13.9. The molecule has 2 aromatic rings. The van der Waals surface area contributed by atoms with Gasteiger partial charge in [0.25, 0.3) is 0 Å². The van der Waals surface area contributed by atoms with Gasteiger partial charge in [0.05, 0.1) is 17.8 Å². The molecule has 2 aromatic carbocycles. The SMILES string of the molecule is CC(=O)CCC(=O)N[C@H](Cc1ccc(C(=O)c2ccccc2)cc1)C(=O)NCCN1CC(C)CC2OC34CCC5C(=C3C[C@@H]4C21)CC1C5CC=C2CC(O)CC[C@@]21C. The maximum absolute atomic E-state index is 13.9. The van der Waals surface area contributed by atoms with Gasteiger partial charge in [-0.2, -0.15) is 0 Å². The minimum atomic E-state index is -0.820. The summed E-state index contributed by atoms with van der Waals surface area (Å²) < 4.78 is 7.30. The molecule has 3 saturated carbocycles. The van der Waals surface area contributed by atoms with Crippen LogP contribution >= 0.6 is 0 Å². The molecule has 7 aliphatic rings. The second-order valence-electron chi connectivity index (χ2n) is 19.3. The van der Waals surface area contributed by atoms with Crippen molar-refractivity contribution in [3.8, 4) is 0 Å². The summed E-state index contributed by atoms with van der Waals surface area (Å²) in [5, 5.41) is 16.6. The summed E-state index contributed by atoms with van der Waals surface area (Å²) in [4.78, 5) is 54.0. The Hall–Kier alpha value is -3.92. The fraction of sp³-hybridized carbons (Fsp3) is 0.592. The zero-order valence-corrected chi connectivity index (χ0v) is 34.5. The number of carbonyl (C=O) groups excluding carboxylic acids is 4. The van der Waals surface area contributed by atoms with E-state index in [4.69, 9.17) is 4.74 Å². The van der Waals surface area contributed by atoms with E-state index in [-0.39, 0.29) is 65.9 Å². The molecule has 2 heterocycles. The lowest BCUT2D eigenvalue weighted by Gasteiger charge is -2.54. The van der Waals surface area contributed by atoms with E-state index >= 15 is 0 Å². The van der Waals surface area contributed by atoms with Gasteiger partial charge >= 0.3 is 0 Å². The molecule has 1 spiro atoms.